The van der Waals surface area contributed by atoms with Crippen molar-refractivity contribution in [1.29, 1.82) is 0 Å². The number of aromatic nitrogens is 2. The van der Waals surface area contributed by atoms with Crippen LogP contribution >= 0.6 is 46.2 Å². The van der Waals surface area contributed by atoms with Gasteiger partial charge in [-0.15, -0.1) is 22.7 Å². The summed E-state index contributed by atoms with van der Waals surface area (Å²) in [5.74, 6) is -0.294. The first-order valence-electron chi connectivity index (χ1n) is 7.97. The summed E-state index contributed by atoms with van der Waals surface area (Å²) in [4.78, 5) is 32.9. The number of hydrogen-bond acceptors (Lipinski definition) is 8. The lowest BCUT2D eigenvalue weighted by Crippen LogP contribution is -2.33. The molecule has 9 heteroatoms. The van der Waals surface area contributed by atoms with Gasteiger partial charge in [0.05, 0.1) is 31.9 Å². The lowest BCUT2D eigenvalue weighted by Gasteiger charge is -2.01. The number of thioether (sulfide) groups is 2. The molecule has 0 aliphatic rings. The van der Waals surface area contributed by atoms with Crippen molar-refractivity contribution < 1.29 is 9.59 Å². The van der Waals surface area contributed by atoms with Crippen LogP contribution in [0.25, 0.3) is 20.4 Å². The maximum absolute atomic E-state index is 12.0. The third kappa shape index (κ3) is 4.67. The minimum atomic E-state index is -0.311. The van der Waals surface area contributed by atoms with E-state index < -0.39 is 0 Å². The molecular weight excluding hydrogens is 418 g/mol. The quantitative estimate of drug-likeness (QED) is 0.455. The fourth-order valence-electron chi connectivity index (χ4n) is 2.31. The molecule has 0 spiro atoms. The molecule has 2 amide bonds. The van der Waals surface area contributed by atoms with Crippen LogP contribution in [0.1, 0.15) is 0 Å². The Balaban J connectivity index is 1.25. The Labute approximate surface area is 171 Å². The zero-order chi connectivity index (χ0) is 18.6. The second-order valence-electron chi connectivity index (χ2n) is 5.44. The maximum atomic E-state index is 12.0. The van der Waals surface area contributed by atoms with Gasteiger partial charge in [0.2, 0.25) is 11.8 Å². The lowest BCUT2D eigenvalue weighted by molar-refractivity contribution is -0.127. The van der Waals surface area contributed by atoms with Gasteiger partial charge >= 0.3 is 0 Å². The smallest absolute Gasteiger partial charge is 0.237 e. The van der Waals surface area contributed by atoms with Crippen molar-refractivity contribution in [3.05, 3.63) is 48.5 Å². The molecule has 1 N–H and O–H groups in total. The summed E-state index contributed by atoms with van der Waals surface area (Å²) in [5, 5.41) is 2.42. The van der Waals surface area contributed by atoms with Crippen molar-refractivity contribution in [3.63, 3.8) is 0 Å². The number of benzene rings is 2. The Morgan fingerprint density at radius 1 is 0.778 bits per heavy atom. The van der Waals surface area contributed by atoms with Crippen LogP contribution in [0, 0.1) is 0 Å². The van der Waals surface area contributed by atoms with Crippen LogP contribution in [0.15, 0.2) is 57.2 Å². The van der Waals surface area contributed by atoms with Gasteiger partial charge in [-0.2, -0.15) is 0 Å². The highest BCUT2D eigenvalue weighted by molar-refractivity contribution is 8.02. The van der Waals surface area contributed by atoms with E-state index in [1.165, 1.54) is 23.5 Å². The summed E-state index contributed by atoms with van der Waals surface area (Å²) in [6.45, 7) is 0. The van der Waals surface area contributed by atoms with Crippen LogP contribution in [0.4, 0.5) is 0 Å². The number of nitrogens with zero attached hydrogens (tertiary/aromatic N) is 2. The Morgan fingerprint density at radius 3 is 1.67 bits per heavy atom. The molecule has 0 atom stereocenters. The Kier molecular flexibility index (Phi) is 5.72. The van der Waals surface area contributed by atoms with Crippen LogP contribution in [-0.4, -0.2) is 33.3 Å². The van der Waals surface area contributed by atoms with Gasteiger partial charge in [0, 0.05) is 0 Å². The highest BCUT2D eigenvalue weighted by Gasteiger charge is 2.12. The second kappa shape index (κ2) is 8.39. The molecule has 4 aromatic rings. The van der Waals surface area contributed by atoms with Gasteiger partial charge in [-0.3, -0.25) is 14.9 Å². The van der Waals surface area contributed by atoms with Gasteiger partial charge in [0.1, 0.15) is 0 Å². The number of nitrogens with one attached hydrogen (secondary N) is 1. The van der Waals surface area contributed by atoms with E-state index >= 15 is 0 Å². The normalized spacial score (nSPS) is 11.1. The van der Waals surface area contributed by atoms with Gasteiger partial charge < -0.3 is 0 Å². The van der Waals surface area contributed by atoms with E-state index in [9.17, 15) is 9.59 Å². The van der Waals surface area contributed by atoms with Gasteiger partial charge in [-0.1, -0.05) is 47.8 Å². The van der Waals surface area contributed by atoms with Crippen LogP contribution in [-0.2, 0) is 9.59 Å². The van der Waals surface area contributed by atoms with Crippen LogP contribution in [0.5, 0.6) is 0 Å². The zero-order valence-electron chi connectivity index (χ0n) is 13.9. The molecule has 0 aliphatic carbocycles. The predicted octanol–water partition coefficient (Wildman–Crippen LogP) is 4.43. The number of amides is 2. The van der Waals surface area contributed by atoms with Crippen molar-refractivity contribution in [3.8, 4) is 0 Å². The first-order valence-corrected chi connectivity index (χ1v) is 11.6. The fraction of sp³-hybridized carbons (Fsp3) is 0.111. The number of imide groups is 1. The Bertz CT molecular complexity index is 968. The summed E-state index contributed by atoms with van der Waals surface area (Å²) >= 11 is 5.77. The van der Waals surface area contributed by atoms with Crippen LogP contribution in [0.2, 0.25) is 0 Å². The Hall–Kier alpha value is -1.94. The van der Waals surface area contributed by atoms with E-state index in [-0.39, 0.29) is 23.3 Å². The number of rotatable bonds is 6. The van der Waals surface area contributed by atoms with E-state index in [0.717, 1.165) is 29.1 Å². The molecule has 0 saturated carbocycles. The molecule has 136 valence electrons. The number of para-hydroxylation sites is 2. The van der Waals surface area contributed by atoms with E-state index in [0.29, 0.717) is 0 Å². The molecule has 0 unspecified atom stereocenters. The SMILES string of the molecule is O=C(CSc1nc2ccccc2s1)NC(=O)CSc1nc2ccccc2s1. The largest absolute Gasteiger partial charge is 0.295 e. The van der Waals surface area contributed by atoms with E-state index in [4.69, 9.17) is 0 Å². The molecule has 0 saturated heterocycles. The molecule has 2 aromatic carbocycles. The molecule has 5 nitrogen and oxygen atoms in total. The topological polar surface area (TPSA) is 72.0 Å². The van der Waals surface area contributed by atoms with Gasteiger partial charge in [0.25, 0.3) is 0 Å². The summed E-state index contributed by atoms with van der Waals surface area (Å²) in [5.41, 5.74) is 1.85. The average molecular weight is 432 g/mol. The number of carbonyl (C=O) groups is 2. The van der Waals surface area contributed by atoms with Gasteiger partial charge in [-0.05, 0) is 24.3 Å². The number of fused-ring (bicyclic) bond motifs is 2. The predicted molar refractivity (Wildman–Crippen MR) is 114 cm³/mol. The summed E-state index contributed by atoms with van der Waals surface area (Å²) in [7, 11) is 0. The molecule has 4 rings (SSSR count). The highest BCUT2D eigenvalue weighted by Crippen LogP contribution is 2.30. The Morgan fingerprint density at radius 2 is 1.22 bits per heavy atom. The average Bonchev–Trinajstić information content (AvgIpc) is 3.27. The van der Waals surface area contributed by atoms with Gasteiger partial charge in [-0.25, -0.2) is 9.97 Å². The first kappa shape index (κ1) is 18.4. The van der Waals surface area contributed by atoms with Crippen LogP contribution < -0.4 is 5.32 Å². The van der Waals surface area contributed by atoms with E-state index in [1.807, 2.05) is 48.5 Å². The second-order valence-corrected chi connectivity index (χ2v) is 9.95. The zero-order valence-corrected chi connectivity index (χ0v) is 17.1. The van der Waals surface area contributed by atoms with Crippen molar-refractivity contribution in [2.24, 2.45) is 0 Å². The third-order valence-corrected chi connectivity index (χ3v) is 7.84. The number of carbonyl (C=O) groups excluding carboxylic acids is 2. The summed E-state index contributed by atoms with van der Waals surface area (Å²) < 4.78 is 3.82. The molecule has 0 fully saturated rings. The van der Waals surface area contributed by atoms with Crippen molar-refractivity contribution in [2.75, 3.05) is 11.5 Å². The molecule has 0 aliphatic heterocycles. The number of hydrogen-bond donors (Lipinski definition) is 1. The van der Waals surface area contributed by atoms with Crippen molar-refractivity contribution in [2.45, 2.75) is 8.68 Å². The minimum absolute atomic E-state index is 0.164. The van der Waals surface area contributed by atoms with Gasteiger partial charge in [0.15, 0.2) is 8.68 Å². The maximum Gasteiger partial charge on any atom is 0.237 e. The fourth-order valence-corrected chi connectivity index (χ4v) is 6.04. The van der Waals surface area contributed by atoms with E-state index in [1.54, 1.807) is 22.7 Å². The van der Waals surface area contributed by atoms with Crippen molar-refractivity contribution >= 4 is 78.4 Å². The molecule has 27 heavy (non-hydrogen) atoms. The number of thiazole rings is 2. The van der Waals surface area contributed by atoms with Crippen molar-refractivity contribution in [1.82, 2.24) is 15.3 Å². The highest BCUT2D eigenvalue weighted by atomic mass is 32.2. The first-order chi connectivity index (χ1) is 13.2. The molecule has 0 bridgehead atoms. The standard InChI is InChI=1S/C18H13N3O2S4/c22-15(9-24-17-19-11-5-1-3-7-13(11)26-17)21-16(23)10-25-18-20-12-6-2-4-8-14(12)27-18/h1-8H,9-10H2,(H,21,22,23). The van der Waals surface area contributed by atoms with E-state index in [2.05, 4.69) is 15.3 Å². The lowest BCUT2D eigenvalue weighted by atomic mass is 10.3. The third-order valence-electron chi connectivity index (χ3n) is 3.48. The molecule has 2 aromatic heterocycles. The summed E-state index contributed by atoms with van der Waals surface area (Å²) in [6.07, 6.45) is 0. The monoisotopic (exact) mass is 431 g/mol. The molecule has 2 heterocycles. The van der Waals surface area contributed by atoms with Crippen LogP contribution in [0.3, 0.4) is 0 Å². The molecule has 0 radical (unpaired) electrons. The molecular formula is C18H13N3O2S4. The summed E-state index contributed by atoms with van der Waals surface area (Å²) in [6, 6.07) is 15.7. The minimum Gasteiger partial charge on any atom is -0.295 e.